The molecular formula is C17H11BBrF2NO. The topological polar surface area (TPSA) is 13.1 Å². The third-order valence-electron chi connectivity index (χ3n) is 3.89. The highest BCUT2D eigenvalue weighted by Crippen LogP contribution is 2.29. The number of hydrogen-bond acceptors (Lipinski definition) is 1. The molecule has 23 heavy (non-hydrogen) atoms. The van der Waals surface area contributed by atoms with Crippen LogP contribution in [0.1, 0.15) is 11.3 Å². The Kier molecular flexibility index (Phi) is 3.23. The number of rotatable bonds is 1. The molecule has 0 aliphatic carbocycles. The second-order valence-electron chi connectivity index (χ2n) is 5.38. The molecule has 6 heteroatoms. The minimum absolute atomic E-state index is 0.179. The number of para-hydroxylation sites is 1. The maximum atomic E-state index is 14.7. The zero-order valence-corrected chi connectivity index (χ0v) is 13.5. The number of pyridine rings is 1. The molecule has 0 unspecified atom stereocenters. The van der Waals surface area contributed by atoms with Crippen LogP contribution >= 0.6 is 15.9 Å². The normalized spacial score (nSPS) is 15.7. The van der Waals surface area contributed by atoms with Crippen molar-refractivity contribution < 1.29 is 17.8 Å². The van der Waals surface area contributed by atoms with Gasteiger partial charge in [0.2, 0.25) is 0 Å². The van der Waals surface area contributed by atoms with Gasteiger partial charge in [0, 0.05) is 33.6 Å². The molecule has 2 nitrogen and oxygen atoms in total. The number of fused-ring (bicyclic) bond motifs is 3. The quantitative estimate of drug-likeness (QED) is 0.566. The molecule has 0 amide bonds. The molecule has 3 aromatic rings. The molecule has 0 saturated heterocycles. The van der Waals surface area contributed by atoms with E-state index in [0.717, 1.165) is 14.3 Å². The van der Waals surface area contributed by atoms with Crippen molar-refractivity contribution in [3.8, 4) is 0 Å². The Bertz CT molecular complexity index is 941. The zero-order chi connectivity index (χ0) is 16.0. The van der Waals surface area contributed by atoms with Gasteiger partial charge in [0.25, 0.3) is 0 Å². The van der Waals surface area contributed by atoms with E-state index in [-0.39, 0.29) is 5.76 Å². The van der Waals surface area contributed by atoms with Crippen molar-refractivity contribution in [3.63, 3.8) is 0 Å². The summed E-state index contributed by atoms with van der Waals surface area (Å²) >= 11 is 3.34. The summed E-state index contributed by atoms with van der Waals surface area (Å²) in [4.78, 5) is 0. The minimum atomic E-state index is -4.19. The Hall–Kier alpha value is -2.21. The predicted molar refractivity (Wildman–Crippen MR) is 90.6 cm³/mol. The van der Waals surface area contributed by atoms with E-state index >= 15 is 0 Å². The van der Waals surface area contributed by atoms with Gasteiger partial charge in [-0.1, -0.05) is 40.2 Å². The molecule has 0 saturated carbocycles. The standard InChI is InChI=1S/C17H11BBrF2NO/c19-14-8-5-13(6-9-14)17-11-15-10-7-12-3-1-2-4-16(12)22(15)18(20,21)23-17/h1-11H. The van der Waals surface area contributed by atoms with E-state index in [1.165, 1.54) is 0 Å². The molecule has 0 bridgehead atoms. The SMILES string of the molecule is F[B-]1(F)OC(c2ccc(Br)cc2)=Cc2ccc3ccccc3[n+]21. The van der Waals surface area contributed by atoms with Crippen molar-refractivity contribution >= 4 is 45.7 Å². The van der Waals surface area contributed by atoms with Crippen molar-refractivity contribution in [2.24, 2.45) is 0 Å². The van der Waals surface area contributed by atoms with Gasteiger partial charge in [0.05, 0.1) is 5.76 Å². The minimum Gasteiger partial charge on any atom is -0.599 e. The molecule has 2 heterocycles. The number of nitrogens with zero attached hydrogens (tertiary/aromatic N) is 1. The Morgan fingerprint density at radius 2 is 1.65 bits per heavy atom. The van der Waals surface area contributed by atoms with Crippen molar-refractivity contribution in [1.82, 2.24) is 0 Å². The second kappa shape index (κ2) is 5.16. The van der Waals surface area contributed by atoms with Gasteiger partial charge < -0.3 is 17.8 Å². The third kappa shape index (κ3) is 2.43. The van der Waals surface area contributed by atoms with Crippen LogP contribution in [0.5, 0.6) is 0 Å². The van der Waals surface area contributed by atoms with Crippen LogP contribution in [0.2, 0.25) is 0 Å². The van der Waals surface area contributed by atoms with Crippen LogP contribution < -0.4 is 4.48 Å². The van der Waals surface area contributed by atoms with E-state index in [1.807, 2.05) is 18.2 Å². The maximum Gasteiger partial charge on any atom is 0.834 e. The van der Waals surface area contributed by atoms with Crippen LogP contribution in [0, 0.1) is 0 Å². The van der Waals surface area contributed by atoms with Crippen molar-refractivity contribution in [2.45, 2.75) is 0 Å². The molecule has 4 rings (SSSR count). The van der Waals surface area contributed by atoms with E-state index in [1.54, 1.807) is 48.5 Å². The van der Waals surface area contributed by atoms with Crippen LogP contribution in [-0.2, 0) is 4.65 Å². The highest BCUT2D eigenvalue weighted by molar-refractivity contribution is 9.10. The predicted octanol–water partition coefficient (Wildman–Crippen LogP) is 4.64. The molecule has 0 N–H and O–H groups in total. The monoisotopic (exact) mass is 373 g/mol. The zero-order valence-electron chi connectivity index (χ0n) is 11.9. The highest BCUT2D eigenvalue weighted by atomic mass is 79.9. The summed E-state index contributed by atoms with van der Waals surface area (Å²) in [5.41, 5.74) is 1.51. The molecule has 0 fully saturated rings. The first kappa shape index (κ1) is 14.4. The number of aromatic nitrogens is 1. The summed E-state index contributed by atoms with van der Waals surface area (Å²) in [5, 5.41) is 0.752. The summed E-state index contributed by atoms with van der Waals surface area (Å²) in [6.07, 6.45) is 1.65. The van der Waals surface area contributed by atoms with E-state index in [2.05, 4.69) is 15.9 Å². The first-order chi connectivity index (χ1) is 11.0. The number of halogens is 3. The van der Waals surface area contributed by atoms with Gasteiger partial charge in [-0.3, -0.25) is 0 Å². The molecule has 0 atom stereocenters. The van der Waals surface area contributed by atoms with E-state index < -0.39 is 7.04 Å². The van der Waals surface area contributed by atoms with Crippen LogP contribution in [0.3, 0.4) is 0 Å². The molecule has 0 radical (unpaired) electrons. The van der Waals surface area contributed by atoms with Crippen LogP contribution in [0.25, 0.3) is 22.7 Å². The Morgan fingerprint density at radius 3 is 2.43 bits per heavy atom. The summed E-state index contributed by atoms with van der Waals surface area (Å²) in [5.74, 6) is 0.179. The lowest BCUT2D eigenvalue weighted by molar-refractivity contribution is -0.556. The van der Waals surface area contributed by atoms with E-state index in [0.29, 0.717) is 16.8 Å². The Balaban J connectivity index is 1.94. The first-order valence-corrected chi connectivity index (χ1v) is 7.95. The van der Waals surface area contributed by atoms with Crippen molar-refractivity contribution in [2.75, 3.05) is 0 Å². The third-order valence-corrected chi connectivity index (χ3v) is 4.41. The van der Waals surface area contributed by atoms with Crippen LogP contribution in [0.4, 0.5) is 8.63 Å². The molecule has 114 valence electrons. The van der Waals surface area contributed by atoms with Crippen molar-refractivity contribution in [3.05, 3.63) is 76.4 Å². The summed E-state index contributed by atoms with van der Waals surface area (Å²) in [7, 11) is -4.19. The Morgan fingerprint density at radius 1 is 0.913 bits per heavy atom. The lowest BCUT2D eigenvalue weighted by Crippen LogP contribution is -2.64. The van der Waals surface area contributed by atoms with Crippen molar-refractivity contribution in [1.29, 1.82) is 0 Å². The fraction of sp³-hybridized carbons (Fsp3) is 0. The molecular weight excluding hydrogens is 363 g/mol. The highest BCUT2D eigenvalue weighted by Gasteiger charge is 2.50. The molecule has 2 aromatic carbocycles. The average Bonchev–Trinajstić information content (AvgIpc) is 2.54. The Labute approximate surface area is 140 Å². The van der Waals surface area contributed by atoms with Gasteiger partial charge in [-0.05, 0) is 24.3 Å². The van der Waals surface area contributed by atoms with Gasteiger partial charge >= 0.3 is 7.04 Å². The molecule has 1 aliphatic heterocycles. The average molecular weight is 374 g/mol. The molecule has 0 spiro atoms. The largest absolute Gasteiger partial charge is 0.834 e. The maximum absolute atomic E-state index is 14.7. The van der Waals surface area contributed by atoms with E-state index in [9.17, 15) is 8.63 Å². The number of hydrogen-bond donors (Lipinski definition) is 0. The van der Waals surface area contributed by atoms with E-state index in [4.69, 9.17) is 4.65 Å². The van der Waals surface area contributed by atoms with Crippen LogP contribution in [0.15, 0.2) is 65.1 Å². The lowest BCUT2D eigenvalue weighted by atomic mass is 9.96. The smallest absolute Gasteiger partial charge is 0.599 e. The van der Waals surface area contributed by atoms with Gasteiger partial charge in [0.15, 0.2) is 11.2 Å². The lowest BCUT2D eigenvalue weighted by Gasteiger charge is -2.28. The molecule has 1 aliphatic rings. The van der Waals surface area contributed by atoms with Gasteiger partial charge in [-0.2, -0.15) is 0 Å². The van der Waals surface area contributed by atoms with Gasteiger partial charge in [-0.15, -0.1) is 0 Å². The van der Waals surface area contributed by atoms with Gasteiger partial charge in [0.1, 0.15) is 0 Å². The second-order valence-corrected chi connectivity index (χ2v) is 6.30. The summed E-state index contributed by atoms with van der Waals surface area (Å²) in [6.45, 7) is 0. The molecule has 1 aromatic heterocycles. The first-order valence-electron chi connectivity index (χ1n) is 7.16. The number of benzene rings is 2. The van der Waals surface area contributed by atoms with Gasteiger partial charge in [-0.25, -0.2) is 0 Å². The fourth-order valence-corrected chi connectivity index (χ4v) is 3.10. The fourth-order valence-electron chi connectivity index (χ4n) is 2.83. The summed E-state index contributed by atoms with van der Waals surface area (Å²) < 4.78 is 36.3. The summed E-state index contributed by atoms with van der Waals surface area (Å²) in [6, 6.07) is 17.7. The van der Waals surface area contributed by atoms with Crippen LogP contribution in [-0.4, -0.2) is 7.04 Å².